The number of likely N-dealkylation sites (N-methyl/N-ethyl adjacent to an activating group) is 1. The molecule has 2 aliphatic heterocycles. The van der Waals surface area contributed by atoms with Crippen molar-refractivity contribution >= 4 is 33.0 Å². The van der Waals surface area contributed by atoms with Crippen molar-refractivity contribution in [2.45, 2.75) is 11.8 Å². The number of benzene rings is 1. The van der Waals surface area contributed by atoms with E-state index >= 15 is 0 Å². The van der Waals surface area contributed by atoms with E-state index in [1.165, 1.54) is 4.31 Å². The van der Waals surface area contributed by atoms with Gasteiger partial charge in [0.2, 0.25) is 10.0 Å². The highest BCUT2D eigenvalue weighted by atomic mass is 32.2. The van der Waals surface area contributed by atoms with Crippen LogP contribution in [0.5, 0.6) is 0 Å². The van der Waals surface area contributed by atoms with E-state index in [4.69, 9.17) is 17.0 Å². The third kappa shape index (κ3) is 4.52. The lowest BCUT2D eigenvalue weighted by Gasteiger charge is -2.35. The maximum atomic E-state index is 12.6. The molecule has 0 aliphatic carbocycles. The van der Waals surface area contributed by atoms with Crippen LogP contribution in [0, 0.1) is 0 Å². The van der Waals surface area contributed by atoms with E-state index < -0.39 is 10.0 Å². The van der Waals surface area contributed by atoms with E-state index in [2.05, 4.69) is 22.0 Å². The smallest absolute Gasteiger partial charge is 0.243 e. The monoisotopic (exact) mass is 398 g/mol. The molecule has 0 saturated carbocycles. The Balaban J connectivity index is 1.60. The van der Waals surface area contributed by atoms with Gasteiger partial charge in [-0.05, 0) is 43.0 Å². The SMILES string of the molecule is CCN1CCN(C(=S)Nc2ccc(S(=O)(=O)N3CCOCC3)cc2)CC1. The Morgan fingerprint density at radius 3 is 2.27 bits per heavy atom. The molecule has 144 valence electrons. The lowest BCUT2D eigenvalue weighted by atomic mass is 10.3. The lowest BCUT2D eigenvalue weighted by molar-refractivity contribution is 0.0730. The molecular formula is C17H26N4O3S2. The number of thiocarbonyl (C=S) groups is 1. The van der Waals surface area contributed by atoms with Gasteiger partial charge in [-0.15, -0.1) is 0 Å². The van der Waals surface area contributed by atoms with Crippen LogP contribution in [0.25, 0.3) is 0 Å². The molecule has 0 amide bonds. The fraction of sp³-hybridized carbons (Fsp3) is 0.588. The number of nitrogens with one attached hydrogen (secondary N) is 1. The number of piperazine rings is 1. The first-order valence-corrected chi connectivity index (χ1v) is 10.8. The minimum Gasteiger partial charge on any atom is -0.379 e. The van der Waals surface area contributed by atoms with Crippen molar-refractivity contribution in [3.8, 4) is 0 Å². The zero-order valence-corrected chi connectivity index (χ0v) is 16.7. The first kappa shape index (κ1) is 19.5. The zero-order valence-electron chi connectivity index (χ0n) is 15.1. The van der Waals surface area contributed by atoms with Gasteiger partial charge in [0.15, 0.2) is 5.11 Å². The summed E-state index contributed by atoms with van der Waals surface area (Å²) in [5, 5.41) is 3.90. The molecule has 0 aromatic heterocycles. The number of nitrogens with zero attached hydrogens (tertiary/aromatic N) is 3. The van der Waals surface area contributed by atoms with Gasteiger partial charge in [-0.1, -0.05) is 6.92 Å². The highest BCUT2D eigenvalue weighted by Crippen LogP contribution is 2.20. The molecule has 0 radical (unpaired) electrons. The van der Waals surface area contributed by atoms with Crippen molar-refractivity contribution in [3.05, 3.63) is 24.3 Å². The fourth-order valence-electron chi connectivity index (χ4n) is 3.12. The van der Waals surface area contributed by atoms with Crippen LogP contribution in [-0.2, 0) is 14.8 Å². The van der Waals surface area contributed by atoms with Crippen LogP contribution in [-0.4, -0.2) is 86.7 Å². The first-order chi connectivity index (χ1) is 12.5. The number of anilines is 1. The van der Waals surface area contributed by atoms with Crippen LogP contribution in [0.15, 0.2) is 29.2 Å². The van der Waals surface area contributed by atoms with Crippen molar-refractivity contribution in [2.24, 2.45) is 0 Å². The van der Waals surface area contributed by atoms with Crippen LogP contribution >= 0.6 is 12.2 Å². The minimum absolute atomic E-state index is 0.299. The number of ether oxygens (including phenoxy) is 1. The van der Waals surface area contributed by atoms with E-state index in [9.17, 15) is 8.42 Å². The topological polar surface area (TPSA) is 65.1 Å². The second-order valence-corrected chi connectivity index (χ2v) is 8.72. The van der Waals surface area contributed by atoms with Crippen molar-refractivity contribution in [3.63, 3.8) is 0 Å². The number of hydrogen-bond acceptors (Lipinski definition) is 5. The molecule has 3 rings (SSSR count). The Bertz CT molecular complexity index is 710. The molecule has 9 heteroatoms. The Morgan fingerprint density at radius 1 is 1.08 bits per heavy atom. The molecule has 0 spiro atoms. The fourth-order valence-corrected chi connectivity index (χ4v) is 4.82. The van der Waals surface area contributed by atoms with Crippen LogP contribution in [0.3, 0.4) is 0 Å². The maximum absolute atomic E-state index is 12.6. The van der Waals surface area contributed by atoms with Crippen molar-refractivity contribution < 1.29 is 13.2 Å². The third-order valence-corrected chi connectivity index (χ3v) is 7.09. The standard InChI is InChI=1S/C17H26N4O3S2/c1-2-19-7-9-20(10-8-19)17(25)18-15-3-5-16(6-4-15)26(22,23)21-11-13-24-14-12-21/h3-6H,2,7-14H2,1H3,(H,18,25). The van der Waals surface area contributed by atoms with Crippen LogP contribution in [0.4, 0.5) is 5.69 Å². The zero-order chi connectivity index (χ0) is 18.6. The number of morpholine rings is 1. The second kappa shape index (κ2) is 8.62. The average Bonchev–Trinajstić information content (AvgIpc) is 2.69. The first-order valence-electron chi connectivity index (χ1n) is 8.97. The highest BCUT2D eigenvalue weighted by molar-refractivity contribution is 7.89. The largest absolute Gasteiger partial charge is 0.379 e. The van der Waals surface area contributed by atoms with Gasteiger partial charge >= 0.3 is 0 Å². The van der Waals surface area contributed by atoms with Gasteiger partial charge in [-0.25, -0.2) is 8.42 Å². The molecule has 2 saturated heterocycles. The molecule has 26 heavy (non-hydrogen) atoms. The normalized spacial score (nSPS) is 20.1. The summed E-state index contributed by atoms with van der Waals surface area (Å²) in [6, 6.07) is 6.79. The summed E-state index contributed by atoms with van der Waals surface area (Å²) in [7, 11) is -3.46. The van der Waals surface area contributed by atoms with Gasteiger partial charge in [0.05, 0.1) is 18.1 Å². The van der Waals surface area contributed by atoms with Crippen molar-refractivity contribution in [2.75, 3.05) is 64.3 Å². The van der Waals surface area contributed by atoms with E-state index in [1.54, 1.807) is 24.3 Å². The number of rotatable bonds is 4. The van der Waals surface area contributed by atoms with Crippen LogP contribution < -0.4 is 5.32 Å². The quantitative estimate of drug-likeness (QED) is 0.761. The Labute approximate surface area is 160 Å². The molecule has 7 nitrogen and oxygen atoms in total. The van der Waals surface area contributed by atoms with E-state index in [1.807, 2.05) is 0 Å². The van der Waals surface area contributed by atoms with Gasteiger partial charge < -0.3 is 19.9 Å². The van der Waals surface area contributed by atoms with E-state index in [0.717, 1.165) is 38.4 Å². The van der Waals surface area contributed by atoms with Gasteiger partial charge in [0.1, 0.15) is 0 Å². The Morgan fingerprint density at radius 2 is 1.69 bits per heavy atom. The highest BCUT2D eigenvalue weighted by Gasteiger charge is 2.26. The van der Waals surface area contributed by atoms with Gasteiger partial charge in [-0.2, -0.15) is 4.31 Å². The van der Waals surface area contributed by atoms with Gasteiger partial charge in [-0.3, -0.25) is 0 Å². The molecule has 2 aliphatic rings. The number of sulfonamides is 1. The molecule has 2 fully saturated rings. The van der Waals surface area contributed by atoms with Crippen LogP contribution in [0.2, 0.25) is 0 Å². The van der Waals surface area contributed by atoms with Gasteiger partial charge in [0, 0.05) is 45.0 Å². The summed E-state index contributed by atoms with van der Waals surface area (Å²) in [6.07, 6.45) is 0. The minimum atomic E-state index is -3.46. The molecule has 1 aromatic rings. The summed E-state index contributed by atoms with van der Waals surface area (Å²) >= 11 is 5.50. The summed E-state index contributed by atoms with van der Waals surface area (Å²) in [4.78, 5) is 4.84. The lowest BCUT2D eigenvalue weighted by Crippen LogP contribution is -2.49. The van der Waals surface area contributed by atoms with Crippen molar-refractivity contribution in [1.82, 2.24) is 14.1 Å². The second-order valence-electron chi connectivity index (χ2n) is 6.39. The summed E-state index contributed by atoms with van der Waals surface area (Å²) in [5.41, 5.74) is 0.800. The Hall–Kier alpha value is -1.26. The van der Waals surface area contributed by atoms with Gasteiger partial charge in [0.25, 0.3) is 0 Å². The summed E-state index contributed by atoms with van der Waals surface area (Å²) in [5.74, 6) is 0. The Kier molecular flexibility index (Phi) is 6.46. The molecule has 2 heterocycles. The van der Waals surface area contributed by atoms with E-state index in [0.29, 0.717) is 36.3 Å². The summed E-state index contributed by atoms with van der Waals surface area (Å²) in [6.45, 7) is 8.74. The molecule has 0 unspecified atom stereocenters. The average molecular weight is 399 g/mol. The molecular weight excluding hydrogens is 372 g/mol. The number of hydrogen-bond donors (Lipinski definition) is 1. The van der Waals surface area contributed by atoms with E-state index in [-0.39, 0.29) is 0 Å². The van der Waals surface area contributed by atoms with Crippen LogP contribution in [0.1, 0.15) is 6.92 Å². The molecule has 1 N–H and O–H groups in total. The third-order valence-electron chi connectivity index (χ3n) is 4.82. The molecule has 1 aromatic carbocycles. The van der Waals surface area contributed by atoms with Crippen molar-refractivity contribution in [1.29, 1.82) is 0 Å². The predicted molar refractivity (Wildman–Crippen MR) is 106 cm³/mol. The predicted octanol–water partition coefficient (Wildman–Crippen LogP) is 1.04. The molecule has 0 atom stereocenters. The maximum Gasteiger partial charge on any atom is 0.243 e. The summed E-state index contributed by atoms with van der Waals surface area (Å²) < 4.78 is 32.0. The molecule has 0 bridgehead atoms.